The van der Waals surface area contributed by atoms with E-state index in [-0.39, 0.29) is 37.5 Å². The van der Waals surface area contributed by atoms with Crippen LogP contribution in [0.2, 0.25) is 0 Å². The number of aromatic nitrogens is 2. The molecule has 2 unspecified atom stereocenters. The number of hydrogen-bond acceptors (Lipinski definition) is 9. The maximum atomic E-state index is 12.8. The van der Waals surface area contributed by atoms with Gasteiger partial charge in [-0.1, -0.05) is 71.1 Å². The van der Waals surface area contributed by atoms with Crippen LogP contribution in [0.15, 0.2) is 23.3 Å². The van der Waals surface area contributed by atoms with Gasteiger partial charge in [0.15, 0.2) is 0 Å². The molecule has 2 N–H and O–H groups in total. The lowest BCUT2D eigenvalue weighted by Crippen LogP contribution is -2.50. The second-order valence-electron chi connectivity index (χ2n) is 11.6. The zero-order valence-corrected chi connectivity index (χ0v) is 26.1. The van der Waals surface area contributed by atoms with Crippen molar-refractivity contribution in [2.75, 3.05) is 19.6 Å². The Morgan fingerprint density at radius 1 is 0.902 bits per heavy atom. The summed E-state index contributed by atoms with van der Waals surface area (Å²) in [6.07, 6.45) is 17.1. The van der Waals surface area contributed by atoms with Crippen molar-refractivity contribution in [3.05, 3.63) is 33.2 Å². The number of carbonyl (C=O) groups excluding carboxylic acids is 2. The molecule has 228 valence electrons. The van der Waals surface area contributed by atoms with Crippen LogP contribution in [-0.2, 0) is 22.7 Å². The fourth-order valence-electron chi connectivity index (χ4n) is 6.28. The highest BCUT2D eigenvalue weighted by molar-refractivity contribution is 7.09. The third kappa shape index (κ3) is 11.9. The van der Waals surface area contributed by atoms with Crippen molar-refractivity contribution < 1.29 is 19.1 Å². The Balaban J connectivity index is 1.36. The van der Waals surface area contributed by atoms with Gasteiger partial charge in [0.1, 0.15) is 18.2 Å². The Bertz CT molecular complexity index is 916. The van der Waals surface area contributed by atoms with E-state index >= 15 is 0 Å². The molecule has 2 aromatic rings. The van der Waals surface area contributed by atoms with Crippen LogP contribution in [0.5, 0.6) is 0 Å². The molecule has 2 aliphatic carbocycles. The summed E-state index contributed by atoms with van der Waals surface area (Å²) in [5.41, 5.74) is 1.74. The van der Waals surface area contributed by atoms with E-state index in [1.165, 1.54) is 86.9 Å². The average Bonchev–Trinajstić information content (AvgIpc) is 3.70. The number of rotatable bonds is 15. The van der Waals surface area contributed by atoms with E-state index in [1.807, 2.05) is 5.38 Å². The Labute approximate surface area is 252 Å². The van der Waals surface area contributed by atoms with Gasteiger partial charge in [0.2, 0.25) is 0 Å². The Morgan fingerprint density at radius 2 is 1.49 bits per heavy atom. The molecule has 0 bridgehead atoms. The minimum absolute atomic E-state index is 0.0146. The quantitative estimate of drug-likeness (QED) is 0.231. The number of ether oxygens (including phenoxy) is 2. The van der Waals surface area contributed by atoms with Gasteiger partial charge >= 0.3 is 12.2 Å². The molecule has 9 nitrogen and oxygen atoms in total. The predicted molar refractivity (Wildman–Crippen MR) is 163 cm³/mol. The minimum atomic E-state index is -0.388. The molecule has 0 radical (unpaired) electrons. The predicted octanol–water partition coefficient (Wildman–Crippen LogP) is 6.75. The maximum absolute atomic E-state index is 12.8. The first-order valence-corrected chi connectivity index (χ1v) is 17.2. The first-order chi connectivity index (χ1) is 20.1. The number of likely N-dealkylation sites (N-methyl/N-ethyl adjacent to an activating group) is 1. The number of hydrogen-bond donors (Lipinski definition) is 2. The summed E-state index contributed by atoms with van der Waals surface area (Å²) in [6, 6.07) is -0.0327. The van der Waals surface area contributed by atoms with Crippen LogP contribution in [-0.4, -0.2) is 58.8 Å². The van der Waals surface area contributed by atoms with E-state index in [2.05, 4.69) is 32.4 Å². The Hall–Kier alpha value is -2.24. The third-order valence-electron chi connectivity index (χ3n) is 8.37. The number of amides is 2. The highest BCUT2D eigenvalue weighted by Gasteiger charge is 2.27. The number of nitrogens with zero attached hydrogens (tertiary/aromatic N) is 3. The van der Waals surface area contributed by atoms with Crippen molar-refractivity contribution in [1.29, 1.82) is 0 Å². The molecule has 2 atom stereocenters. The van der Waals surface area contributed by atoms with Crippen LogP contribution in [0, 0.1) is 11.8 Å². The van der Waals surface area contributed by atoms with Gasteiger partial charge < -0.3 is 20.1 Å². The first kappa shape index (κ1) is 31.7. The van der Waals surface area contributed by atoms with Gasteiger partial charge in [-0.2, -0.15) is 0 Å². The van der Waals surface area contributed by atoms with Gasteiger partial charge in [0.05, 0.1) is 10.4 Å². The normalized spacial score (nSPS) is 18.1. The summed E-state index contributed by atoms with van der Waals surface area (Å²) in [4.78, 5) is 37.2. The van der Waals surface area contributed by atoms with E-state index in [9.17, 15) is 9.59 Å². The van der Waals surface area contributed by atoms with Crippen molar-refractivity contribution in [3.63, 3.8) is 0 Å². The van der Waals surface area contributed by atoms with Gasteiger partial charge in [-0.3, -0.25) is 9.88 Å². The summed E-state index contributed by atoms with van der Waals surface area (Å²) < 4.78 is 11.1. The van der Waals surface area contributed by atoms with Gasteiger partial charge in [-0.25, -0.2) is 14.6 Å². The lowest BCUT2D eigenvalue weighted by Gasteiger charge is -2.34. The number of nitrogens with one attached hydrogen (secondary N) is 2. The molecule has 0 saturated heterocycles. The molecule has 2 aliphatic rings. The molecule has 11 heteroatoms. The topological polar surface area (TPSA) is 106 Å². The van der Waals surface area contributed by atoms with Crippen LogP contribution in [0.1, 0.15) is 93.9 Å². The average molecular weight is 606 g/mol. The zero-order chi connectivity index (χ0) is 28.7. The summed E-state index contributed by atoms with van der Waals surface area (Å²) in [5.74, 6) is 1.23. The lowest BCUT2D eigenvalue weighted by atomic mass is 9.84. The van der Waals surface area contributed by atoms with Gasteiger partial charge in [-0.15, -0.1) is 22.7 Å². The van der Waals surface area contributed by atoms with Crippen LogP contribution in [0.4, 0.5) is 9.59 Å². The van der Waals surface area contributed by atoms with E-state index in [1.54, 1.807) is 17.9 Å². The van der Waals surface area contributed by atoms with Crippen molar-refractivity contribution in [2.24, 2.45) is 11.8 Å². The molecule has 2 aromatic heterocycles. The summed E-state index contributed by atoms with van der Waals surface area (Å²) in [6.45, 7) is 4.85. The summed E-state index contributed by atoms with van der Waals surface area (Å²) in [5, 5.41) is 9.04. The number of alkyl carbamates (subject to hydrolysis) is 2. The first-order valence-electron chi connectivity index (χ1n) is 15.4. The van der Waals surface area contributed by atoms with E-state index < -0.39 is 0 Å². The van der Waals surface area contributed by atoms with Gasteiger partial charge in [-0.05, 0) is 31.2 Å². The Kier molecular flexibility index (Phi) is 13.6. The highest BCUT2D eigenvalue weighted by Crippen LogP contribution is 2.29. The fourth-order valence-corrected chi connectivity index (χ4v) is 7.32. The molecule has 2 heterocycles. The zero-order valence-electron chi connectivity index (χ0n) is 24.4. The van der Waals surface area contributed by atoms with Crippen molar-refractivity contribution in [1.82, 2.24) is 25.5 Å². The molecule has 0 spiro atoms. The molecule has 41 heavy (non-hydrogen) atoms. The van der Waals surface area contributed by atoms with E-state index in [0.29, 0.717) is 11.8 Å². The fraction of sp³-hybridized carbons (Fsp3) is 0.733. The highest BCUT2D eigenvalue weighted by atomic mass is 32.1. The standard InChI is InChI=1S/C30H47N5O4S2/c1-2-35(18-25(15-23-9-5-3-6-10-23)33-29(36)38-20-27-17-31-22-41-27)19-26(16-24-11-7-4-8-12-24)34-30(37)39-21-28-32-13-14-40-28/h13-14,17,22-26H,2-12,15-16,18-21H2,1H3,(H,33,36)(H,34,37). The minimum Gasteiger partial charge on any atom is -0.444 e. The largest absolute Gasteiger partial charge is 0.444 e. The van der Waals surface area contributed by atoms with Crippen molar-refractivity contribution in [2.45, 2.75) is 109 Å². The molecular formula is C30H47N5O4S2. The van der Waals surface area contributed by atoms with Crippen molar-refractivity contribution in [3.8, 4) is 0 Å². The molecule has 2 fully saturated rings. The second-order valence-corrected chi connectivity index (χ2v) is 13.5. The summed E-state index contributed by atoms with van der Waals surface area (Å²) in [7, 11) is 0. The van der Waals surface area contributed by atoms with E-state index in [4.69, 9.17) is 9.47 Å². The molecule has 4 rings (SSSR count). The smallest absolute Gasteiger partial charge is 0.407 e. The molecule has 2 amide bonds. The van der Waals surface area contributed by atoms with Crippen molar-refractivity contribution >= 4 is 34.9 Å². The van der Waals surface area contributed by atoms with Crippen LogP contribution >= 0.6 is 22.7 Å². The van der Waals surface area contributed by atoms with Gasteiger partial charge in [0.25, 0.3) is 0 Å². The molecule has 2 saturated carbocycles. The summed E-state index contributed by atoms with van der Waals surface area (Å²) >= 11 is 2.97. The molecule has 0 aliphatic heterocycles. The number of thiazole rings is 2. The SMILES string of the molecule is CCN(CC(CC1CCCCC1)NC(=O)OCc1cncs1)CC(CC1CCCCC1)NC(=O)OCc1nccs1. The maximum Gasteiger partial charge on any atom is 0.407 e. The molecular weight excluding hydrogens is 558 g/mol. The number of carbonyl (C=O) groups is 2. The molecule has 0 aromatic carbocycles. The monoisotopic (exact) mass is 605 g/mol. The van der Waals surface area contributed by atoms with Gasteiger partial charge in [0, 0.05) is 42.9 Å². The second kappa shape index (κ2) is 17.7. The van der Waals surface area contributed by atoms with Crippen LogP contribution in [0.3, 0.4) is 0 Å². The Morgan fingerprint density at radius 3 is 1.98 bits per heavy atom. The van der Waals surface area contributed by atoms with E-state index in [0.717, 1.165) is 42.4 Å². The van der Waals surface area contributed by atoms with Crippen LogP contribution in [0.25, 0.3) is 0 Å². The third-order valence-corrected chi connectivity index (χ3v) is 9.88. The lowest BCUT2D eigenvalue weighted by molar-refractivity contribution is 0.120. The van der Waals surface area contributed by atoms with Crippen LogP contribution < -0.4 is 10.6 Å².